The van der Waals surface area contributed by atoms with E-state index >= 15 is 0 Å². The summed E-state index contributed by atoms with van der Waals surface area (Å²) in [6, 6.07) is 0. The summed E-state index contributed by atoms with van der Waals surface area (Å²) in [6.45, 7) is 11.3. The SMILES string of the molecule is CC(C)CNCC(C)(C)CCCCl. The molecule has 0 saturated carbocycles. The molecule has 0 atom stereocenters. The summed E-state index contributed by atoms with van der Waals surface area (Å²) in [5.41, 5.74) is 0.393. The summed E-state index contributed by atoms with van der Waals surface area (Å²) >= 11 is 5.67. The smallest absolute Gasteiger partial charge is 0.0223 e. The van der Waals surface area contributed by atoms with Crippen molar-refractivity contribution < 1.29 is 0 Å². The second-order valence-corrected chi connectivity index (χ2v) is 5.36. The molecule has 1 N–H and O–H groups in total. The number of hydrogen-bond acceptors (Lipinski definition) is 1. The van der Waals surface area contributed by atoms with Gasteiger partial charge in [-0.2, -0.15) is 0 Å². The zero-order valence-corrected chi connectivity index (χ0v) is 10.2. The molecule has 0 rings (SSSR count). The number of hydrogen-bond donors (Lipinski definition) is 1. The molecule has 0 heterocycles. The van der Waals surface area contributed by atoms with E-state index in [1.54, 1.807) is 0 Å². The molecule has 0 aromatic rings. The van der Waals surface area contributed by atoms with Crippen molar-refractivity contribution in [2.24, 2.45) is 11.3 Å². The van der Waals surface area contributed by atoms with Crippen molar-refractivity contribution in [3.63, 3.8) is 0 Å². The van der Waals surface area contributed by atoms with Crippen LogP contribution >= 0.6 is 11.6 Å². The van der Waals surface area contributed by atoms with Crippen molar-refractivity contribution in [3.8, 4) is 0 Å². The summed E-state index contributed by atoms with van der Waals surface area (Å²) in [7, 11) is 0. The van der Waals surface area contributed by atoms with Crippen molar-refractivity contribution >= 4 is 11.6 Å². The van der Waals surface area contributed by atoms with Gasteiger partial charge in [-0.05, 0) is 30.7 Å². The minimum absolute atomic E-state index is 0.393. The standard InChI is InChI=1S/C11H24ClN/c1-10(2)8-13-9-11(3,4)6-5-7-12/h10,13H,5-9H2,1-4H3. The zero-order valence-electron chi connectivity index (χ0n) is 9.49. The maximum absolute atomic E-state index is 5.67. The minimum atomic E-state index is 0.393. The van der Waals surface area contributed by atoms with E-state index in [4.69, 9.17) is 11.6 Å². The van der Waals surface area contributed by atoms with Crippen LogP contribution in [0.2, 0.25) is 0 Å². The van der Waals surface area contributed by atoms with Crippen LogP contribution in [0, 0.1) is 11.3 Å². The highest BCUT2D eigenvalue weighted by atomic mass is 35.5. The maximum Gasteiger partial charge on any atom is 0.0223 e. The van der Waals surface area contributed by atoms with Crippen LogP contribution in [0.15, 0.2) is 0 Å². The second kappa shape index (κ2) is 6.67. The van der Waals surface area contributed by atoms with Crippen LogP contribution in [0.3, 0.4) is 0 Å². The summed E-state index contributed by atoms with van der Waals surface area (Å²) in [4.78, 5) is 0. The highest BCUT2D eigenvalue weighted by molar-refractivity contribution is 6.17. The summed E-state index contributed by atoms with van der Waals surface area (Å²) in [5, 5.41) is 3.49. The largest absolute Gasteiger partial charge is 0.316 e. The Balaban J connectivity index is 3.50. The van der Waals surface area contributed by atoms with Crippen molar-refractivity contribution in [1.29, 1.82) is 0 Å². The number of rotatable bonds is 7. The van der Waals surface area contributed by atoms with Gasteiger partial charge in [-0.1, -0.05) is 27.7 Å². The first-order valence-corrected chi connectivity index (χ1v) is 5.78. The highest BCUT2D eigenvalue weighted by Crippen LogP contribution is 2.21. The van der Waals surface area contributed by atoms with E-state index < -0.39 is 0 Å². The van der Waals surface area contributed by atoms with Gasteiger partial charge >= 0.3 is 0 Å². The van der Waals surface area contributed by atoms with Gasteiger partial charge in [0.2, 0.25) is 0 Å². The lowest BCUT2D eigenvalue weighted by Gasteiger charge is -2.25. The van der Waals surface area contributed by atoms with E-state index in [9.17, 15) is 0 Å². The van der Waals surface area contributed by atoms with Gasteiger partial charge in [0.1, 0.15) is 0 Å². The van der Waals surface area contributed by atoms with Gasteiger partial charge in [-0.3, -0.25) is 0 Å². The molecule has 0 amide bonds. The van der Waals surface area contributed by atoms with Crippen LogP contribution < -0.4 is 5.32 Å². The molecule has 0 bridgehead atoms. The van der Waals surface area contributed by atoms with Gasteiger partial charge in [-0.15, -0.1) is 11.6 Å². The average Bonchev–Trinajstić information content (AvgIpc) is 2.00. The molecule has 0 saturated heterocycles. The lowest BCUT2D eigenvalue weighted by atomic mass is 9.88. The van der Waals surface area contributed by atoms with Crippen molar-refractivity contribution in [1.82, 2.24) is 5.32 Å². The molecule has 0 aromatic heterocycles. The summed E-state index contributed by atoms with van der Waals surface area (Å²) in [6.07, 6.45) is 2.33. The molecule has 1 nitrogen and oxygen atoms in total. The molecule has 0 radical (unpaired) electrons. The first-order valence-electron chi connectivity index (χ1n) is 5.24. The molecule has 0 aliphatic rings. The third-order valence-electron chi connectivity index (χ3n) is 2.14. The lowest BCUT2D eigenvalue weighted by Crippen LogP contribution is -2.31. The Labute approximate surface area is 88.2 Å². The van der Waals surface area contributed by atoms with Crippen LogP contribution in [0.1, 0.15) is 40.5 Å². The predicted molar refractivity (Wildman–Crippen MR) is 61.4 cm³/mol. The summed E-state index contributed by atoms with van der Waals surface area (Å²) in [5.74, 6) is 1.52. The Morgan fingerprint density at radius 2 is 1.92 bits per heavy atom. The first kappa shape index (κ1) is 13.2. The number of alkyl halides is 1. The minimum Gasteiger partial charge on any atom is -0.316 e. The molecule has 0 fully saturated rings. The van der Waals surface area contributed by atoms with E-state index in [2.05, 4.69) is 33.0 Å². The third kappa shape index (κ3) is 8.58. The molecule has 13 heavy (non-hydrogen) atoms. The quantitative estimate of drug-likeness (QED) is 0.630. The van der Waals surface area contributed by atoms with E-state index in [-0.39, 0.29) is 0 Å². The topological polar surface area (TPSA) is 12.0 Å². The van der Waals surface area contributed by atoms with Crippen LogP contribution in [-0.4, -0.2) is 19.0 Å². The van der Waals surface area contributed by atoms with E-state index in [1.165, 1.54) is 6.42 Å². The monoisotopic (exact) mass is 205 g/mol. The average molecular weight is 206 g/mol. The third-order valence-corrected chi connectivity index (χ3v) is 2.41. The maximum atomic E-state index is 5.67. The van der Waals surface area contributed by atoms with Crippen LogP contribution in [-0.2, 0) is 0 Å². The fourth-order valence-electron chi connectivity index (χ4n) is 1.33. The van der Waals surface area contributed by atoms with Gasteiger partial charge in [0.15, 0.2) is 0 Å². The van der Waals surface area contributed by atoms with Crippen LogP contribution in [0.25, 0.3) is 0 Å². The summed E-state index contributed by atoms with van der Waals surface area (Å²) < 4.78 is 0. The van der Waals surface area contributed by atoms with Crippen molar-refractivity contribution in [2.75, 3.05) is 19.0 Å². The normalized spacial score (nSPS) is 12.5. The molecule has 0 aliphatic carbocycles. The van der Waals surface area contributed by atoms with Crippen LogP contribution in [0.5, 0.6) is 0 Å². The van der Waals surface area contributed by atoms with Gasteiger partial charge in [0.25, 0.3) is 0 Å². The molecule has 0 aliphatic heterocycles. The molecular formula is C11H24ClN. The fourth-order valence-corrected chi connectivity index (χ4v) is 1.47. The zero-order chi connectivity index (χ0) is 10.3. The number of nitrogens with one attached hydrogen (secondary N) is 1. The first-order chi connectivity index (χ1) is 5.98. The Hall–Kier alpha value is 0.250. The molecule has 2 heteroatoms. The molecule has 0 unspecified atom stereocenters. The molecule has 0 aromatic carbocycles. The molecule has 0 spiro atoms. The Morgan fingerprint density at radius 1 is 1.31 bits per heavy atom. The fraction of sp³-hybridized carbons (Fsp3) is 1.00. The van der Waals surface area contributed by atoms with E-state index in [1.807, 2.05) is 0 Å². The lowest BCUT2D eigenvalue weighted by molar-refractivity contribution is 0.306. The van der Waals surface area contributed by atoms with Crippen LogP contribution in [0.4, 0.5) is 0 Å². The van der Waals surface area contributed by atoms with Gasteiger partial charge in [0, 0.05) is 12.4 Å². The van der Waals surface area contributed by atoms with Gasteiger partial charge in [-0.25, -0.2) is 0 Å². The second-order valence-electron chi connectivity index (χ2n) is 4.98. The highest BCUT2D eigenvalue weighted by Gasteiger charge is 2.16. The van der Waals surface area contributed by atoms with Gasteiger partial charge in [0.05, 0.1) is 0 Å². The van der Waals surface area contributed by atoms with Crippen molar-refractivity contribution in [3.05, 3.63) is 0 Å². The Morgan fingerprint density at radius 3 is 2.38 bits per heavy atom. The van der Waals surface area contributed by atoms with E-state index in [0.717, 1.165) is 31.3 Å². The Kier molecular flexibility index (Phi) is 6.79. The van der Waals surface area contributed by atoms with Crippen molar-refractivity contribution in [2.45, 2.75) is 40.5 Å². The predicted octanol–water partition coefficient (Wildman–Crippen LogP) is 3.28. The van der Waals surface area contributed by atoms with Gasteiger partial charge < -0.3 is 5.32 Å². The number of halogens is 1. The Bertz CT molecular complexity index is 121. The molecular weight excluding hydrogens is 182 g/mol. The van der Waals surface area contributed by atoms with E-state index in [0.29, 0.717) is 5.41 Å². The molecule has 80 valence electrons.